The molecule has 0 fully saturated rings. The van der Waals surface area contributed by atoms with Gasteiger partial charge in [-0.05, 0) is 25.0 Å². The Hall–Kier alpha value is -2.04. The Labute approximate surface area is 119 Å². The summed E-state index contributed by atoms with van der Waals surface area (Å²) in [6.45, 7) is 1.73. The van der Waals surface area contributed by atoms with Gasteiger partial charge in [-0.2, -0.15) is 0 Å². The molecule has 0 aliphatic carbocycles. The van der Waals surface area contributed by atoms with Crippen LogP contribution in [0.15, 0.2) is 24.3 Å². The molecule has 2 heterocycles. The van der Waals surface area contributed by atoms with Crippen LogP contribution < -0.4 is 10.1 Å². The number of hydrogen-bond donors (Lipinski definition) is 1. The summed E-state index contributed by atoms with van der Waals surface area (Å²) in [5.74, 6) is 3.00. The van der Waals surface area contributed by atoms with Gasteiger partial charge in [-0.1, -0.05) is 12.5 Å². The van der Waals surface area contributed by atoms with Gasteiger partial charge in [-0.25, -0.2) is 0 Å². The second-order valence-electron chi connectivity index (χ2n) is 5.08. The Balaban J connectivity index is 1.70. The summed E-state index contributed by atoms with van der Waals surface area (Å²) in [6, 6.07) is 7.93. The zero-order valence-corrected chi connectivity index (χ0v) is 11.8. The molecule has 5 heteroatoms. The Morgan fingerprint density at radius 1 is 1.25 bits per heavy atom. The number of ether oxygens (including phenoxy) is 1. The van der Waals surface area contributed by atoms with Crippen molar-refractivity contribution >= 4 is 5.69 Å². The zero-order chi connectivity index (χ0) is 13.8. The first-order valence-electron chi connectivity index (χ1n) is 7.16. The van der Waals surface area contributed by atoms with Crippen molar-refractivity contribution in [3.63, 3.8) is 0 Å². The van der Waals surface area contributed by atoms with E-state index >= 15 is 0 Å². The molecule has 2 aromatic rings. The lowest BCUT2D eigenvalue weighted by molar-refractivity contribution is 0.415. The fourth-order valence-corrected chi connectivity index (χ4v) is 2.59. The number of benzene rings is 1. The fraction of sp³-hybridized carbons (Fsp3) is 0.467. The molecule has 1 aliphatic heterocycles. The van der Waals surface area contributed by atoms with E-state index in [1.54, 1.807) is 7.11 Å². The van der Waals surface area contributed by atoms with Gasteiger partial charge in [0.15, 0.2) is 5.82 Å². The van der Waals surface area contributed by atoms with E-state index in [1.165, 1.54) is 19.3 Å². The minimum atomic E-state index is 0.695. The quantitative estimate of drug-likeness (QED) is 0.929. The highest BCUT2D eigenvalue weighted by atomic mass is 16.5. The molecule has 106 valence electrons. The van der Waals surface area contributed by atoms with E-state index in [-0.39, 0.29) is 0 Å². The third-order valence-electron chi connectivity index (χ3n) is 3.71. The van der Waals surface area contributed by atoms with E-state index in [1.807, 2.05) is 24.3 Å². The highest BCUT2D eigenvalue weighted by Crippen LogP contribution is 2.18. The number of methoxy groups -OCH3 is 1. The van der Waals surface area contributed by atoms with Crippen LogP contribution in [-0.4, -0.2) is 21.9 Å². The van der Waals surface area contributed by atoms with Gasteiger partial charge < -0.3 is 14.6 Å². The lowest BCUT2D eigenvalue weighted by Crippen LogP contribution is -2.10. The summed E-state index contributed by atoms with van der Waals surface area (Å²) in [4.78, 5) is 0. The Kier molecular flexibility index (Phi) is 3.85. The summed E-state index contributed by atoms with van der Waals surface area (Å²) >= 11 is 0. The van der Waals surface area contributed by atoms with Gasteiger partial charge in [-0.15, -0.1) is 10.2 Å². The highest BCUT2D eigenvalue weighted by Gasteiger charge is 2.14. The van der Waals surface area contributed by atoms with Gasteiger partial charge in [0, 0.05) is 24.7 Å². The number of anilines is 1. The third-order valence-corrected chi connectivity index (χ3v) is 3.71. The van der Waals surface area contributed by atoms with Crippen LogP contribution in [-0.2, 0) is 19.5 Å². The minimum absolute atomic E-state index is 0.695. The zero-order valence-electron chi connectivity index (χ0n) is 11.8. The molecular formula is C15H20N4O. The Bertz CT molecular complexity index is 579. The van der Waals surface area contributed by atoms with Crippen molar-refractivity contribution in [2.75, 3.05) is 12.4 Å². The summed E-state index contributed by atoms with van der Waals surface area (Å²) in [6.07, 6.45) is 4.77. The molecule has 1 aliphatic rings. The highest BCUT2D eigenvalue weighted by molar-refractivity contribution is 5.48. The van der Waals surface area contributed by atoms with E-state index in [9.17, 15) is 0 Å². The molecule has 0 saturated carbocycles. The maximum atomic E-state index is 5.23. The third kappa shape index (κ3) is 2.76. The van der Waals surface area contributed by atoms with Crippen LogP contribution in [0.3, 0.4) is 0 Å². The molecule has 0 saturated heterocycles. The van der Waals surface area contributed by atoms with Crippen molar-refractivity contribution in [2.45, 2.75) is 38.8 Å². The van der Waals surface area contributed by atoms with E-state index < -0.39 is 0 Å². The lowest BCUT2D eigenvalue weighted by atomic mass is 10.2. The maximum Gasteiger partial charge on any atom is 0.152 e. The number of nitrogens with one attached hydrogen (secondary N) is 1. The number of aromatic nitrogens is 3. The van der Waals surface area contributed by atoms with Crippen molar-refractivity contribution in [1.82, 2.24) is 14.8 Å². The molecule has 1 aromatic carbocycles. The van der Waals surface area contributed by atoms with E-state index in [0.29, 0.717) is 6.54 Å². The predicted molar refractivity (Wildman–Crippen MR) is 77.9 cm³/mol. The number of rotatable bonds is 4. The molecule has 1 N–H and O–H groups in total. The van der Waals surface area contributed by atoms with Crippen molar-refractivity contribution in [3.8, 4) is 5.75 Å². The van der Waals surface area contributed by atoms with Crippen LogP contribution in [0.4, 0.5) is 5.69 Å². The first kappa shape index (κ1) is 13.0. The van der Waals surface area contributed by atoms with E-state index in [4.69, 9.17) is 4.74 Å². The topological polar surface area (TPSA) is 52.0 Å². The van der Waals surface area contributed by atoms with E-state index in [0.717, 1.165) is 36.1 Å². The Morgan fingerprint density at radius 2 is 2.20 bits per heavy atom. The fourth-order valence-electron chi connectivity index (χ4n) is 2.59. The molecule has 0 amide bonds. The lowest BCUT2D eigenvalue weighted by Gasteiger charge is -2.09. The Morgan fingerprint density at radius 3 is 3.10 bits per heavy atom. The SMILES string of the molecule is COc1cccc(NCc2nnc3n2CCCCC3)c1. The molecule has 0 radical (unpaired) electrons. The largest absolute Gasteiger partial charge is 0.497 e. The smallest absolute Gasteiger partial charge is 0.152 e. The first-order chi connectivity index (χ1) is 9.86. The van der Waals surface area contributed by atoms with Crippen molar-refractivity contribution in [1.29, 1.82) is 0 Å². The molecule has 5 nitrogen and oxygen atoms in total. The minimum Gasteiger partial charge on any atom is -0.497 e. The summed E-state index contributed by atoms with van der Waals surface area (Å²) in [5.41, 5.74) is 1.04. The second-order valence-corrected chi connectivity index (χ2v) is 5.08. The molecule has 0 bridgehead atoms. The molecular weight excluding hydrogens is 252 g/mol. The average molecular weight is 272 g/mol. The first-order valence-corrected chi connectivity index (χ1v) is 7.16. The van der Waals surface area contributed by atoms with E-state index in [2.05, 4.69) is 20.1 Å². The van der Waals surface area contributed by atoms with Crippen LogP contribution in [0.1, 0.15) is 30.9 Å². The van der Waals surface area contributed by atoms with Crippen molar-refractivity contribution in [3.05, 3.63) is 35.9 Å². The molecule has 0 spiro atoms. The summed E-state index contributed by atoms with van der Waals surface area (Å²) < 4.78 is 7.49. The van der Waals surface area contributed by atoms with Crippen molar-refractivity contribution < 1.29 is 4.74 Å². The van der Waals surface area contributed by atoms with Crippen LogP contribution in [0.2, 0.25) is 0 Å². The monoisotopic (exact) mass is 272 g/mol. The maximum absolute atomic E-state index is 5.23. The summed E-state index contributed by atoms with van der Waals surface area (Å²) in [7, 11) is 1.68. The normalized spacial score (nSPS) is 14.4. The predicted octanol–water partition coefficient (Wildman–Crippen LogP) is 2.63. The molecule has 1 aromatic heterocycles. The number of fused-ring (bicyclic) bond motifs is 1. The molecule has 3 rings (SSSR count). The van der Waals surface area contributed by atoms with Crippen LogP contribution in [0.25, 0.3) is 0 Å². The van der Waals surface area contributed by atoms with Crippen LogP contribution in [0.5, 0.6) is 5.75 Å². The van der Waals surface area contributed by atoms with Gasteiger partial charge in [0.1, 0.15) is 11.6 Å². The van der Waals surface area contributed by atoms with Crippen molar-refractivity contribution in [2.24, 2.45) is 0 Å². The number of nitrogens with zero attached hydrogens (tertiary/aromatic N) is 3. The second kappa shape index (κ2) is 5.94. The van der Waals surface area contributed by atoms with Gasteiger partial charge in [0.25, 0.3) is 0 Å². The van der Waals surface area contributed by atoms with Gasteiger partial charge in [0.2, 0.25) is 0 Å². The average Bonchev–Trinajstić information content (AvgIpc) is 2.72. The standard InChI is InChI=1S/C15H20N4O/c1-20-13-7-5-6-12(10-13)16-11-15-18-17-14-8-3-2-4-9-19(14)15/h5-7,10,16H,2-4,8-9,11H2,1H3. The van der Waals surface area contributed by atoms with Gasteiger partial charge in [-0.3, -0.25) is 0 Å². The number of aryl methyl sites for hydroxylation is 1. The summed E-state index contributed by atoms with van der Waals surface area (Å²) in [5, 5.41) is 12.0. The molecule has 0 atom stereocenters. The van der Waals surface area contributed by atoms with Crippen LogP contribution in [0, 0.1) is 0 Å². The van der Waals surface area contributed by atoms with Gasteiger partial charge in [0.05, 0.1) is 13.7 Å². The molecule has 0 unspecified atom stereocenters. The van der Waals surface area contributed by atoms with Crippen LogP contribution >= 0.6 is 0 Å². The van der Waals surface area contributed by atoms with Gasteiger partial charge >= 0.3 is 0 Å². The molecule has 20 heavy (non-hydrogen) atoms. The number of hydrogen-bond acceptors (Lipinski definition) is 4.